The Hall–Kier alpha value is -2.24. The normalized spacial score (nSPS) is 10.8. The van der Waals surface area contributed by atoms with Crippen molar-refractivity contribution in [1.29, 1.82) is 0 Å². The lowest BCUT2D eigenvalue weighted by molar-refractivity contribution is 0.432. The van der Waals surface area contributed by atoms with Crippen molar-refractivity contribution < 1.29 is 9.63 Å². The largest absolute Gasteiger partial charge is 0.508 e. The lowest BCUT2D eigenvalue weighted by Crippen LogP contribution is -1.92. The van der Waals surface area contributed by atoms with Gasteiger partial charge in [0.1, 0.15) is 5.75 Å². The molecule has 2 aromatic carbocycles. The number of anilines is 1. The summed E-state index contributed by atoms with van der Waals surface area (Å²) in [5.41, 5.74) is 7.18. The molecular weight excluding hydrogens is 313 g/mol. The highest BCUT2D eigenvalue weighted by Gasteiger charge is 2.18. The Kier molecular flexibility index (Phi) is 3.45. The van der Waals surface area contributed by atoms with Gasteiger partial charge in [-0.15, -0.1) is 0 Å². The van der Waals surface area contributed by atoms with Crippen LogP contribution in [-0.4, -0.2) is 15.2 Å². The number of halogens is 2. The number of aromatic nitrogens is 2. The number of rotatable bonds is 2. The molecule has 0 aliphatic heterocycles. The molecule has 3 N–H and O–H groups in total. The molecule has 0 saturated carbocycles. The number of nitrogen functional groups attached to an aromatic ring is 1. The van der Waals surface area contributed by atoms with Crippen molar-refractivity contribution in [2.24, 2.45) is 0 Å². The Morgan fingerprint density at radius 3 is 2.62 bits per heavy atom. The monoisotopic (exact) mass is 321 g/mol. The Morgan fingerprint density at radius 1 is 1.10 bits per heavy atom. The molecular formula is C14H9Cl2N3O2. The molecule has 3 rings (SSSR count). The summed E-state index contributed by atoms with van der Waals surface area (Å²) < 4.78 is 5.20. The summed E-state index contributed by atoms with van der Waals surface area (Å²) in [4.78, 5) is 4.24. The van der Waals surface area contributed by atoms with Crippen LogP contribution in [0.1, 0.15) is 0 Å². The van der Waals surface area contributed by atoms with E-state index in [-0.39, 0.29) is 17.3 Å². The molecule has 106 valence electrons. The molecule has 0 atom stereocenters. The minimum atomic E-state index is 0.110. The predicted molar refractivity (Wildman–Crippen MR) is 81.3 cm³/mol. The van der Waals surface area contributed by atoms with Gasteiger partial charge in [0.25, 0.3) is 5.89 Å². The summed E-state index contributed by atoms with van der Waals surface area (Å²) in [7, 11) is 0. The van der Waals surface area contributed by atoms with Crippen LogP contribution < -0.4 is 5.73 Å². The fourth-order valence-electron chi connectivity index (χ4n) is 1.87. The molecule has 0 amide bonds. The van der Waals surface area contributed by atoms with E-state index < -0.39 is 0 Å². The standard InChI is InChI=1S/C14H9Cl2N3O2/c15-9-4-5-10(16)12(17)11(9)14-18-13(19-21-14)7-2-1-3-8(20)6-7/h1-6,20H,17H2. The van der Waals surface area contributed by atoms with Crippen LogP contribution in [0.3, 0.4) is 0 Å². The number of benzene rings is 2. The Labute approximate surface area is 129 Å². The van der Waals surface area contributed by atoms with Gasteiger partial charge in [0, 0.05) is 5.56 Å². The predicted octanol–water partition coefficient (Wildman–Crippen LogP) is 4.00. The number of aromatic hydroxyl groups is 1. The van der Waals surface area contributed by atoms with Gasteiger partial charge >= 0.3 is 0 Å². The first-order chi connectivity index (χ1) is 10.1. The second kappa shape index (κ2) is 5.27. The quantitative estimate of drug-likeness (QED) is 0.697. The van der Waals surface area contributed by atoms with Crippen molar-refractivity contribution >= 4 is 28.9 Å². The molecule has 0 spiro atoms. The van der Waals surface area contributed by atoms with Gasteiger partial charge in [0.05, 0.1) is 21.3 Å². The van der Waals surface area contributed by atoms with E-state index in [1.807, 2.05) is 0 Å². The number of nitrogens with two attached hydrogens (primary N) is 1. The van der Waals surface area contributed by atoms with Crippen LogP contribution in [0, 0.1) is 0 Å². The fourth-order valence-corrected chi connectivity index (χ4v) is 2.28. The summed E-state index contributed by atoms with van der Waals surface area (Å²) in [6.07, 6.45) is 0. The number of phenolic OH excluding ortho intramolecular Hbond substituents is 1. The first kappa shape index (κ1) is 13.7. The lowest BCUT2D eigenvalue weighted by atomic mass is 10.1. The van der Waals surface area contributed by atoms with Crippen molar-refractivity contribution in [2.75, 3.05) is 5.73 Å². The molecule has 0 aliphatic carbocycles. The summed E-state index contributed by atoms with van der Waals surface area (Å²) in [5.74, 6) is 0.592. The molecule has 21 heavy (non-hydrogen) atoms. The van der Waals surface area contributed by atoms with Crippen LogP contribution in [0.25, 0.3) is 22.8 Å². The number of nitrogens with zero attached hydrogens (tertiary/aromatic N) is 2. The van der Waals surface area contributed by atoms with E-state index in [0.29, 0.717) is 27.0 Å². The van der Waals surface area contributed by atoms with Crippen LogP contribution in [0.4, 0.5) is 5.69 Å². The zero-order valence-corrected chi connectivity index (χ0v) is 12.1. The van der Waals surface area contributed by atoms with E-state index in [4.69, 9.17) is 33.5 Å². The molecule has 0 saturated heterocycles. The van der Waals surface area contributed by atoms with Gasteiger partial charge in [0.2, 0.25) is 5.82 Å². The summed E-state index contributed by atoms with van der Waals surface area (Å²) in [6.45, 7) is 0. The summed E-state index contributed by atoms with van der Waals surface area (Å²) >= 11 is 12.1. The SMILES string of the molecule is Nc1c(Cl)ccc(Cl)c1-c1nc(-c2cccc(O)c2)no1. The van der Waals surface area contributed by atoms with E-state index in [9.17, 15) is 5.11 Å². The minimum absolute atomic E-state index is 0.110. The summed E-state index contributed by atoms with van der Waals surface area (Å²) in [5, 5.41) is 14.1. The maximum atomic E-state index is 9.48. The van der Waals surface area contributed by atoms with Gasteiger partial charge < -0.3 is 15.4 Å². The van der Waals surface area contributed by atoms with E-state index in [1.54, 1.807) is 30.3 Å². The zero-order chi connectivity index (χ0) is 15.0. The third-order valence-corrected chi connectivity index (χ3v) is 3.53. The third-order valence-electron chi connectivity index (χ3n) is 2.89. The topological polar surface area (TPSA) is 85.2 Å². The highest BCUT2D eigenvalue weighted by Crippen LogP contribution is 2.37. The average molecular weight is 322 g/mol. The second-order valence-corrected chi connectivity index (χ2v) is 5.11. The van der Waals surface area contributed by atoms with Gasteiger partial charge in [0.15, 0.2) is 0 Å². The minimum Gasteiger partial charge on any atom is -0.508 e. The highest BCUT2D eigenvalue weighted by molar-refractivity contribution is 6.37. The molecule has 5 nitrogen and oxygen atoms in total. The molecule has 7 heteroatoms. The van der Waals surface area contributed by atoms with Crippen molar-refractivity contribution in [1.82, 2.24) is 10.1 Å². The fraction of sp³-hybridized carbons (Fsp3) is 0. The van der Waals surface area contributed by atoms with Crippen molar-refractivity contribution in [2.45, 2.75) is 0 Å². The first-order valence-corrected chi connectivity index (χ1v) is 6.69. The van der Waals surface area contributed by atoms with Crippen molar-refractivity contribution in [3.63, 3.8) is 0 Å². The van der Waals surface area contributed by atoms with Gasteiger partial charge in [-0.1, -0.05) is 40.5 Å². The smallest absolute Gasteiger partial charge is 0.261 e. The second-order valence-electron chi connectivity index (χ2n) is 4.29. The molecule has 1 heterocycles. The van der Waals surface area contributed by atoms with Gasteiger partial charge in [-0.25, -0.2) is 0 Å². The van der Waals surface area contributed by atoms with Crippen LogP contribution in [0.2, 0.25) is 10.0 Å². The van der Waals surface area contributed by atoms with E-state index in [2.05, 4.69) is 10.1 Å². The van der Waals surface area contributed by atoms with E-state index in [0.717, 1.165) is 0 Å². The average Bonchev–Trinajstić information content (AvgIpc) is 2.93. The number of phenols is 1. The van der Waals surface area contributed by atoms with Crippen LogP contribution >= 0.6 is 23.2 Å². The van der Waals surface area contributed by atoms with Crippen molar-refractivity contribution in [3.8, 4) is 28.6 Å². The lowest BCUT2D eigenvalue weighted by Gasteiger charge is -2.04. The molecule has 0 bridgehead atoms. The number of hydrogen-bond acceptors (Lipinski definition) is 5. The van der Waals surface area contributed by atoms with Gasteiger partial charge in [-0.2, -0.15) is 4.98 Å². The van der Waals surface area contributed by atoms with E-state index >= 15 is 0 Å². The Bertz CT molecular complexity index is 818. The van der Waals surface area contributed by atoms with Crippen molar-refractivity contribution in [3.05, 3.63) is 46.4 Å². The maximum absolute atomic E-state index is 9.48. The van der Waals surface area contributed by atoms with Crippen LogP contribution in [0.15, 0.2) is 40.9 Å². The van der Waals surface area contributed by atoms with Crippen LogP contribution in [-0.2, 0) is 0 Å². The zero-order valence-electron chi connectivity index (χ0n) is 10.5. The maximum Gasteiger partial charge on any atom is 0.261 e. The molecule has 0 fully saturated rings. The van der Waals surface area contributed by atoms with Gasteiger partial charge in [-0.05, 0) is 24.3 Å². The number of hydrogen-bond donors (Lipinski definition) is 2. The molecule has 1 aromatic heterocycles. The summed E-state index contributed by atoms with van der Waals surface area (Å²) in [6, 6.07) is 9.70. The van der Waals surface area contributed by atoms with E-state index in [1.165, 1.54) is 6.07 Å². The Balaban J connectivity index is 2.09. The van der Waals surface area contributed by atoms with Gasteiger partial charge in [-0.3, -0.25) is 0 Å². The first-order valence-electron chi connectivity index (χ1n) is 5.93. The Morgan fingerprint density at radius 2 is 1.86 bits per heavy atom. The highest BCUT2D eigenvalue weighted by atomic mass is 35.5. The molecule has 3 aromatic rings. The third kappa shape index (κ3) is 2.53. The molecule has 0 aliphatic rings. The molecule has 0 unspecified atom stereocenters. The molecule has 0 radical (unpaired) electrons. The van der Waals surface area contributed by atoms with Crippen LogP contribution in [0.5, 0.6) is 5.75 Å².